The van der Waals surface area contributed by atoms with Crippen molar-refractivity contribution in [1.29, 1.82) is 0 Å². The maximum atomic E-state index is 13.3. The van der Waals surface area contributed by atoms with E-state index < -0.39 is 41.7 Å². The molecule has 2 nitrogen and oxygen atoms in total. The van der Waals surface area contributed by atoms with Crippen LogP contribution in [0.25, 0.3) is 0 Å². The van der Waals surface area contributed by atoms with Crippen molar-refractivity contribution in [3.8, 4) is 0 Å². The summed E-state index contributed by atoms with van der Waals surface area (Å²) in [5.74, 6) is -5.31. The number of rotatable bonds is 3. The standard InChI is InChI=1S/C10H9F6NO/c11-7-3-5(10(14,15)16)1-2-6(7)8(17)9(12,13)4-18/h1-3,8,18H,4,17H2/t8-/m0/s1. The van der Waals surface area contributed by atoms with E-state index in [2.05, 4.69) is 0 Å². The fraction of sp³-hybridized carbons (Fsp3) is 0.400. The van der Waals surface area contributed by atoms with E-state index in [1.807, 2.05) is 0 Å². The van der Waals surface area contributed by atoms with Crippen molar-refractivity contribution in [3.05, 3.63) is 35.1 Å². The van der Waals surface area contributed by atoms with E-state index in [0.717, 1.165) is 0 Å². The Morgan fingerprint density at radius 3 is 2.11 bits per heavy atom. The summed E-state index contributed by atoms with van der Waals surface area (Å²) in [6.45, 7) is -1.63. The van der Waals surface area contributed by atoms with Crippen LogP contribution in [0.2, 0.25) is 0 Å². The van der Waals surface area contributed by atoms with E-state index in [9.17, 15) is 26.3 Å². The average Bonchev–Trinajstić information content (AvgIpc) is 2.26. The van der Waals surface area contributed by atoms with Crippen molar-refractivity contribution >= 4 is 0 Å². The Morgan fingerprint density at radius 2 is 1.72 bits per heavy atom. The zero-order valence-electron chi connectivity index (χ0n) is 8.81. The van der Waals surface area contributed by atoms with Gasteiger partial charge in [-0.05, 0) is 12.1 Å². The maximum absolute atomic E-state index is 13.3. The zero-order valence-corrected chi connectivity index (χ0v) is 8.81. The van der Waals surface area contributed by atoms with Gasteiger partial charge in [0.1, 0.15) is 12.4 Å². The predicted octanol–water partition coefficient (Wildman–Crippen LogP) is 2.47. The number of aliphatic hydroxyl groups excluding tert-OH is 1. The average molecular weight is 273 g/mol. The first-order valence-corrected chi connectivity index (χ1v) is 4.70. The first-order valence-electron chi connectivity index (χ1n) is 4.70. The van der Waals surface area contributed by atoms with Crippen LogP contribution in [0.4, 0.5) is 26.3 Å². The van der Waals surface area contributed by atoms with Crippen molar-refractivity contribution in [1.82, 2.24) is 0 Å². The molecule has 0 aromatic heterocycles. The van der Waals surface area contributed by atoms with Gasteiger partial charge in [-0.15, -0.1) is 0 Å². The fourth-order valence-electron chi connectivity index (χ4n) is 1.28. The largest absolute Gasteiger partial charge is 0.416 e. The highest BCUT2D eigenvalue weighted by molar-refractivity contribution is 5.29. The Bertz CT molecular complexity index is 431. The predicted molar refractivity (Wildman–Crippen MR) is 50.4 cm³/mol. The molecule has 0 bridgehead atoms. The molecular weight excluding hydrogens is 264 g/mol. The van der Waals surface area contributed by atoms with E-state index in [0.29, 0.717) is 12.1 Å². The normalized spacial score (nSPS) is 14.7. The quantitative estimate of drug-likeness (QED) is 0.831. The van der Waals surface area contributed by atoms with Crippen LogP contribution in [-0.4, -0.2) is 17.6 Å². The summed E-state index contributed by atoms with van der Waals surface area (Å²) in [5.41, 5.74) is 2.92. The molecule has 0 aliphatic heterocycles. The molecule has 3 N–H and O–H groups in total. The van der Waals surface area contributed by atoms with Gasteiger partial charge in [0.15, 0.2) is 0 Å². The summed E-state index contributed by atoms with van der Waals surface area (Å²) in [7, 11) is 0. The Hall–Kier alpha value is -1.28. The number of alkyl halides is 5. The summed E-state index contributed by atoms with van der Waals surface area (Å²) in [5, 5.41) is 8.37. The highest BCUT2D eigenvalue weighted by atomic mass is 19.4. The van der Waals surface area contributed by atoms with Gasteiger partial charge in [-0.2, -0.15) is 13.2 Å². The van der Waals surface area contributed by atoms with Crippen LogP contribution in [0.5, 0.6) is 0 Å². The maximum Gasteiger partial charge on any atom is 0.416 e. The topological polar surface area (TPSA) is 46.2 Å². The summed E-state index contributed by atoms with van der Waals surface area (Å²) >= 11 is 0. The summed E-state index contributed by atoms with van der Waals surface area (Å²) in [6, 6.07) is -1.15. The second kappa shape index (κ2) is 4.77. The molecular formula is C10H9F6NO. The minimum absolute atomic E-state index is 0.0860. The molecule has 0 saturated carbocycles. The summed E-state index contributed by atoms with van der Waals surface area (Å²) in [4.78, 5) is 0. The lowest BCUT2D eigenvalue weighted by Crippen LogP contribution is -2.36. The molecule has 1 rings (SSSR count). The molecule has 1 atom stereocenters. The molecule has 0 heterocycles. The van der Waals surface area contributed by atoms with Crippen LogP contribution >= 0.6 is 0 Å². The van der Waals surface area contributed by atoms with E-state index >= 15 is 0 Å². The van der Waals surface area contributed by atoms with E-state index in [-0.39, 0.29) is 6.07 Å². The molecule has 1 aromatic carbocycles. The smallest absolute Gasteiger partial charge is 0.390 e. The number of nitrogens with two attached hydrogens (primary N) is 1. The van der Waals surface area contributed by atoms with Gasteiger partial charge in [-0.3, -0.25) is 0 Å². The first-order chi connectivity index (χ1) is 8.09. The van der Waals surface area contributed by atoms with Crippen molar-refractivity contribution in [2.45, 2.75) is 18.1 Å². The monoisotopic (exact) mass is 273 g/mol. The number of aliphatic hydroxyl groups is 1. The Kier molecular flexibility index (Phi) is 3.92. The molecule has 0 unspecified atom stereocenters. The fourth-order valence-corrected chi connectivity index (χ4v) is 1.28. The van der Waals surface area contributed by atoms with Crippen molar-refractivity contribution < 1.29 is 31.4 Å². The van der Waals surface area contributed by atoms with Gasteiger partial charge < -0.3 is 10.8 Å². The minimum Gasteiger partial charge on any atom is -0.390 e. The Labute approximate surface area is 98.0 Å². The lowest BCUT2D eigenvalue weighted by atomic mass is 9.99. The molecule has 18 heavy (non-hydrogen) atoms. The lowest BCUT2D eigenvalue weighted by molar-refractivity contribution is -0.137. The van der Waals surface area contributed by atoms with Gasteiger partial charge in [0.2, 0.25) is 0 Å². The highest BCUT2D eigenvalue weighted by Gasteiger charge is 2.39. The summed E-state index contributed by atoms with van der Waals surface area (Å²) < 4.78 is 75.9. The van der Waals surface area contributed by atoms with Crippen LogP contribution in [0.1, 0.15) is 17.2 Å². The molecule has 102 valence electrons. The van der Waals surface area contributed by atoms with E-state index in [4.69, 9.17) is 10.8 Å². The molecule has 0 radical (unpaired) electrons. The highest BCUT2D eigenvalue weighted by Crippen LogP contribution is 2.34. The molecule has 0 amide bonds. The van der Waals surface area contributed by atoms with E-state index in [1.54, 1.807) is 0 Å². The zero-order chi connectivity index (χ0) is 14.1. The minimum atomic E-state index is -4.77. The van der Waals surface area contributed by atoms with Gasteiger partial charge >= 0.3 is 6.18 Å². The number of benzene rings is 1. The second-order valence-corrected chi connectivity index (χ2v) is 3.63. The molecule has 0 spiro atoms. The van der Waals surface area contributed by atoms with Gasteiger partial charge in [-0.25, -0.2) is 13.2 Å². The molecule has 0 saturated heterocycles. The molecule has 0 fully saturated rings. The first kappa shape index (κ1) is 14.8. The van der Waals surface area contributed by atoms with Gasteiger partial charge in [-0.1, -0.05) is 6.07 Å². The van der Waals surface area contributed by atoms with Gasteiger partial charge in [0, 0.05) is 5.56 Å². The number of hydrogen-bond donors (Lipinski definition) is 2. The second-order valence-electron chi connectivity index (χ2n) is 3.63. The third-order valence-electron chi connectivity index (χ3n) is 2.33. The lowest BCUT2D eigenvalue weighted by Gasteiger charge is -2.22. The SMILES string of the molecule is N[C@@H](c1ccc(C(F)(F)F)cc1F)C(F)(F)CO. The molecule has 0 aliphatic rings. The third kappa shape index (κ3) is 2.94. The summed E-state index contributed by atoms with van der Waals surface area (Å²) in [6.07, 6.45) is -4.77. The Balaban J connectivity index is 3.14. The molecule has 0 aliphatic carbocycles. The van der Waals surface area contributed by atoms with Gasteiger partial charge in [0.25, 0.3) is 5.92 Å². The van der Waals surface area contributed by atoms with Crippen LogP contribution in [0.15, 0.2) is 18.2 Å². The number of hydrogen-bond acceptors (Lipinski definition) is 2. The third-order valence-corrected chi connectivity index (χ3v) is 2.33. The van der Waals surface area contributed by atoms with Crippen molar-refractivity contribution in [3.63, 3.8) is 0 Å². The van der Waals surface area contributed by atoms with Gasteiger partial charge in [0.05, 0.1) is 11.6 Å². The van der Waals surface area contributed by atoms with Crippen LogP contribution < -0.4 is 5.73 Å². The number of halogens is 6. The molecule has 8 heteroatoms. The Morgan fingerprint density at radius 1 is 1.17 bits per heavy atom. The van der Waals surface area contributed by atoms with Crippen molar-refractivity contribution in [2.24, 2.45) is 5.73 Å². The van der Waals surface area contributed by atoms with E-state index in [1.165, 1.54) is 0 Å². The van der Waals surface area contributed by atoms with Crippen molar-refractivity contribution in [2.75, 3.05) is 6.61 Å². The van der Waals surface area contributed by atoms with Crippen LogP contribution in [0, 0.1) is 5.82 Å². The van der Waals surface area contributed by atoms with Crippen LogP contribution in [0.3, 0.4) is 0 Å². The molecule has 1 aromatic rings. The van der Waals surface area contributed by atoms with Crippen LogP contribution in [-0.2, 0) is 6.18 Å².